The number of nitriles is 1. The molecule has 7 nitrogen and oxygen atoms in total. The third-order valence-electron chi connectivity index (χ3n) is 3.10. The number of halogens is 1. The predicted molar refractivity (Wildman–Crippen MR) is 70.2 cm³/mol. The van der Waals surface area contributed by atoms with Crippen LogP contribution in [0.3, 0.4) is 0 Å². The minimum atomic E-state index is -4.13. The number of hydrogen-bond acceptors (Lipinski definition) is 5. The highest BCUT2D eigenvalue weighted by atomic mass is 32.2. The van der Waals surface area contributed by atoms with E-state index in [2.05, 4.69) is 0 Å². The van der Waals surface area contributed by atoms with Gasteiger partial charge in [-0.2, -0.15) is 9.57 Å². The summed E-state index contributed by atoms with van der Waals surface area (Å²) in [5.74, 6) is -0.879. The number of nitro groups is 1. The second-order valence-electron chi connectivity index (χ2n) is 4.62. The van der Waals surface area contributed by atoms with Crippen molar-refractivity contribution >= 4 is 15.7 Å². The summed E-state index contributed by atoms with van der Waals surface area (Å²) in [7, 11) is -4.13. The maximum atomic E-state index is 13.1. The molecule has 0 N–H and O–H groups in total. The number of benzene rings is 1. The Kier molecular flexibility index (Phi) is 4.20. The minimum Gasteiger partial charge on any atom is -0.258 e. The zero-order valence-electron chi connectivity index (χ0n) is 10.9. The molecule has 9 heteroatoms. The van der Waals surface area contributed by atoms with Gasteiger partial charge in [-0.3, -0.25) is 10.1 Å². The van der Waals surface area contributed by atoms with E-state index in [-0.39, 0.29) is 19.0 Å². The highest BCUT2D eigenvalue weighted by Gasteiger charge is 2.40. The fraction of sp³-hybridized carbons (Fsp3) is 0.417. The first-order chi connectivity index (χ1) is 9.87. The summed E-state index contributed by atoms with van der Waals surface area (Å²) in [5, 5.41) is 19.5. The first-order valence-corrected chi connectivity index (χ1v) is 7.64. The second kappa shape index (κ2) is 5.75. The Morgan fingerprint density at radius 1 is 1.48 bits per heavy atom. The Labute approximate surface area is 120 Å². The van der Waals surface area contributed by atoms with Gasteiger partial charge in [0.05, 0.1) is 17.1 Å². The van der Waals surface area contributed by atoms with Crippen LogP contribution in [0.25, 0.3) is 0 Å². The molecule has 0 atom stereocenters. The second-order valence-corrected chi connectivity index (χ2v) is 6.48. The molecule has 0 radical (unpaired) electrons. The number of nitro benzene ring substituents is 1. The molecule has 21 heavy (non-hydrogen) atoms. The van der Waals surface area contributed by atoms with Crippen LogP contribution in [0.15, 0.2) is 23.1 Å². The maximum Gasteiger partial charge on any atom is 0.292 e. The van der Waals surface area contributed by atoms with Gasteiger partial charge in [-0.15, -0.1) is 0 Å². The van der Waals surface area contributed by atoms with E-state index in [1.165, 1.54) is 0 Å². The third kappa shape index (κ3) is 3.17. The summed E-state index contributed by atoms with van der Waals surface area (Å²) >= 11 is 0. The van der Waals surface area contributed by atoms with Crippen LogP contribution < -0.4 is 0 Å². The van der Waals surface area contributed by atoms with Gasteiger partial charge in [0.15, 0.2) is 4.90 Å². The lowest BCUT2D eigenvalue weighted by atomic mass is 10.3. The van der Waals surface area contributed by atoms with E-state index in [0.717, 1.165) is 16.4 Å². The Balaban J connectivity index is 2.47. The zero-order chi connectivity index (χ0) is 15.6. The molecular formula is C12H12FN3O4S. The molecule has 0 amide bonds. The fourth-order valence-corrected chi connectivity index (χ4v) is 3.82. The molecule has 1 aromatic rings. The van der Waals surface area contributed by atoms with Crippen LogP contribution in [0.4, 0.5) is 10.1 Å². The van der Waals surface area contributed by atoms with Crippen molar-refractivity contribution in [1.29, 1.82) is 5.26 Å². The van der Waals surface area contributed by atoms with Crippen molar-refractivity contribution in [2.24, 2.45) is 0 Å². The van der Waals surface area contributed by atoms with Crippen LogP contribution in [-0.4, -0.2) is 30.2 Å². The van der Waals surface area contributed by atoms with Gasteiger partial charge in [0, 0.05) is 19.0 Å². The van der Waals surface area contributed by atoms with Crippen LogP contribution in [0, 0.1) is 27.3 Å². The largest absolute Gasteiger partial charge is 0.292 e. The van der Waals surface area contributed by atoms with Crippen molar-refractivity contribution in [1.82, 2.24) is 4.31 Å². The molecule has 2 rings (SSSR count). The molecule has 1 aliphatic carbocycles. The van der Waals surface area contributed by atoms with Gasteiger partial charge >= 0.3 is 0 Å². The molecule has 0 spiro atoms. The molecule has 1 fully saturated rings. The highest BCUT2D eigenvalue weighted by Crippen LogP contribution is 2.35. The van der Waals surface area contributed by atoms with E-state index in [9.17, 15) is 22.9 Å². The standard InChI is InChI=1S/C12H12FN3O4S/c13-9-2-5-12(11(8-9)16(17)18)21(19,20)15(7-1-6-14)10-3-4-10/h2,5,8,10H,1,3-4,7H2. The Bertz CT molecular complexity index is 710. The molecule has 1 aliphatic rings. The van der Waals surface area contributed by atoms with Crippen LogP contribution in [0.2, 0.25) is 0 Å². The van der Waals surface area contributed by atoms with E-state index < -0.39 is 31.3 Å². The highest BCUT2D eigenvalue weighted by molar-refractivity contribution is 7.89. The fourth-order valence-electron chi connectivity index (χ4n) is 2.00. The lowest BCUT2D eigenvalue weighted by Crippen LogP contribution is -2.34. The van der Waals surface area contributed by atoms with Crippen LogP contribution in [0.1, 0.15) is 19.3 Å². The molecule has 1 saturated carbocycles. The summed E-state index contributed by atoms with van der Waals surface area (Å²) in [5.41, 5.74) is -0.794. The van der Waals surface area contributed by atoms with Crippen molar-refractivity contribution in [2.45, 2.75) is 30.2 Å². The average Bonchev–Trinajstić information content (AvgIpc) is 3.23. The number of rotatable bonds is 6. The molecule has 0 aliphatic heterocycles. The molecule has 0 heterocycles. The zero-order valence-corrected chi connectivity index (χ0v) is 11.7. The van der Waals surface area contributed by atoms with Gasteiger partial charge in [0.1, 0.15) is 5.82 Å². The van der Waals surface area contributed by atoms with Crippen molar-refractivity contribution in [2.75, 3.05) is 6.54 Å². The third-order valence-corrected chi connectivity index (χ3v) is 5.10. The first-order valence-electron chi connectivity index (χ1n) is 6.20. The van der Waals surface area contributed by atoms with Crippen molar-refractivity contribution < 1.29 is 17.7 Å². The van der Waals surface area contributed by atoms with E-state index >= 15 is 0 Å². The van der Waals surface area contributed by atoms with E-state index in [1.54, 1.807) is 0 Å². The predicted octanol–water partition coefficient (Wildman–Crippen LogP) is 1.80. The normalized spacial score (nSPS) is 14.9. The topological polar surface area (TPSA) is 104 Å². The lowest BCUT2D eigenvalue weighted by molar-refractivity contribution is -0.388. The smallest absolute Gasteiger partial charge is 0.258 e. The summed E-state index contributed by atoms with van der Waals surface area (Å²) in [6, 6.07) is 3.96. The van der Waals surface area contributed by atoms with Crippen molar-refractivity contribution in [3.05, 3.63) is 34.1 Å². The summed E-state index contributed by atoms with van der Waals surface area (Å²) in [6.45, 7) is -0.0297. The van der Waals surface area contributed by atoms with Crippen LogP contribution in [0.5, 0.6) is 0 Å². The van der Waals surface area contributed by atoms with E-state index in [1.807, 2.05) is 6.07 Å². The van der Waals surface area contributed by atoms with Crippen LogP contribution >= 0.6 is 0 Å². The molecule has 1 aromatic carbocycles. The monoisotopic (exact) mass is 313 g/mol. The number of sulfonamides is 1. The molecular weight excluding hydrogens is 301 g/mol. The molecule has 0 saturated heterocycles. The van der Waals surface area contributed by atoms with Gasteiger partial charge in [0.25, 0.3) is 5.69 Å². The first kappa shape index (κ1) is 15.3. The number of nitrogens with zero attached hydrogens (tertiary/aromatic N) is 3. The molecule has 0 bridgehead atoms. The summed E-state index contributed by atoms with van der Waals surface area (Å²) < 4.78 is 39.3. The van der Waals surface area contributed by atoms with E-state index in [4.69, 9.17) is 5.26 Å². The van der Waals surface area contributed by atoms with Crippen molar-refractivity contribution in [3.8, 4) is 6.07 Å². The SMILES string of the molecule is N#CCCN(C1CC1)S(=O)(=O)c1ccc(F)cc1[N+](=O)[O-]. The van der Waals surface area contributed by atoms with Crippen molar-refractivity contribution in [3.63, 3.8) is 0 Å². The van der Waals surface area contributed by atoms with Gasteiger partial charge in [-0.25, -0.2) is 12.8 Å². The molecule has 0 unspecified atom stereocenters. The average molecular weight is 313 g/mol. The molecule has 112 valence electrons. The van der Waals surface area contributed by atoms with Crippen LogP contribution in [-0.2, 0) is 10.0 Å². The number of hydrogen-bond donors (Lipinski definition) is 0. The van der Waals surface area contributed by atoms with Gasteiger partial charge < -0.3 is 0 Å². The summed E-state index contributed by atoms with van der Waals surface area (Å²) in [4.78, 5) is 9.48. The summed E-state index contributed by atoms with van der Waals surface area (Å²) in [6.07, 6.45) is 1.30. The maximum absolute atomic E-state index is 13.1. The molecule has 0 aromatic heterocycles. The minimum absolute atomic E-state index is 0.00920. The lowest BCUT2D eigenvalue weighted by Gasteiger charge is -2.20. The Morgan fingerprint density at radius 2 is 2.14 bits per heavy atom. The van der Waals surface area contributed by atoms with Gasteiger partial charge in [-0.1, -0.05) is 0 Å². The van der Waals surface area contributed by atoms with E-state index in [0.29, 0.717) is 18.9 Å². The van der Waals surface area contributed by atoms with Gasteiger partial charge in [-0.05, 0) is 25.0 Å². The van der Waals surface area contributed by atoms with Gasteiger partial charge in [0.2, 0.25) is 10.0 Å². The quantitative estimate of drug-likeness (QED) is 0.588. The Hall–Kier alpha value is -2.05. The Morgan fingerprint density at radius 3 is 2.67 bits per heavy atom.